The fourth-order valence-corrected chi connectivity index (χ4v) is 2.65. The van der Waals surface area contributed by atoms with Gasteiger partial charge in [0.2, 0.25) is 0 Å². The molecule has 0 saturated heterocycles. The van der Waals surface area contributed by atoms with E-state index in [0.29, 0.717) is 29.1 Å². The standard InChI is InChI=1S/C18H17FN2O2/c1-22-15-7-4-8-16(23-2)13(15)10-12-9-11-5-3-6-14(19)17(11)21-18(12)20/h3-9H,10H2,1-2H3,(H2,20,21). The van der Waals surface area contributed by atoms with E-state index in [1.54, 1.807) is 20.3 Å². The van der Waals surface area contributed by atoms with E-state index in [-0.39, 0.29) is 11.3 Å². The van der Waals surface area contributed by atoms with Crippen LogP contribution in [-0.2, 0) is 6.42 Å². The Morgan fingerprint density at radius 1 is 1.04 bits per heavy atom. The van der Waals surface area contributed by atoms with Crippen molar-refractivity contribution in [1.82, 2.24) is 4.98 Å². The van der Waals surface area contributed by atoms with Crippen LogP contribution in [0.15, 0.2) is 42.5 Å². The number of benzene rings is 2. The molecule has 4 nitrogen and oxygen atoms in total. The molecule has 0 aliphatic rings. The van der Waals surface area contributed by atoms with Gasteiger partial charge in [-0.3, -0.25) is 0 Å². The fraction of sp³-hybridized carbons (Fsp3) is 0.167. The molecule has 3 aromatic rings. The van der Waals surface area contributed by atoms with Crippen molar-refractivity contribution in [3.05, 3.63) is 59.4 Å². The summed E-state index contributed by atoms with van der Waals surface area (Å²) in [6, 6.07) is 12.3. The largest absolute Gasteiger partial charge is 0.496 e. The maximum atomic E-state index is 13.8. The molecular weight excluding hydrogens is 295 g/mol. The van der Waals surface area contributed by atoms with Crippen molar-refractivity contribution in [2.45, 2.75) is 6.42 Å². The van der Waals surface area contributed by atoms with Gasteiger partial charge in [-0.2, -0.15) is 0 Å². The highest BCUT2D eigenvalue weighted by Gasteiger charge is 2.14. The molecule has 2 N–H and O–H groups in total. The van der Waals surface area contributed by atoms with E-state index in [4.69, 9.17) is 15.2 Å². The van der Waals surface area contributed by atoms with Gasteiger partial charge in [-0.25, -0.2) is 9.37 Å². The number of nitrogens with zero attached hydrogens (tertiary/aromatic N) is 1. The highest BCUT2D eigenvalue weighted by molar-refractivity contribution is 5.82. The van der Waals surface area contributed by atoms with Gasteiger partial charge >= 0.3 is 0 Å². The Balaban J connectivity index is 2.11. The molecule has 0 fully saturated rings. The van der Waals surface area contributed by atoms with E-state index in [0.717, 1.165) is 11.1 Å². The number of methoxy groups -OCH3 is 2. The summed E-state index contributed by atoms with van der Waals surface area (Å²) in [5.41, 5.74) is 7.98. The summed E-state index contributed by atoms with van der Waals surface area (Å²) in [5.74, 6) is 1.34. The molecule has 0 bridgehead atoms. The zero-order valence-corrected chi connectivity index (χ0v) is 13.0. The second-order valence-corrected chi connectivity index (χ2v) is 5.16. The van der Waals surface area contributed by atoms with Crippen LogP contribution in [0.25, 0.3) is 10.9 Å². The van der Waals surface area contributed by atoms with Gasteiger partial charge in [0.15, 0.2) is 0 Å². The third-order valence-electron chi connectivity index (χ3n) is 3.81. The van der Waals surface area contributed by atoms with Crippen LogP contribution < -0.4 is 15.2 Å². The van der Waals surface area contributed by atoms with Gasteiger partial charge in [-0.15, -0.1) is 0 Å². The topological polar surface area (TPSA) is 57.4 Å². The van der Waals surface area contributed by atoms with Crippen molar-refractivity contribution in [2.75, 3.05) is 20.0 Å². The first kappa shape index (κ1) is 15.1. The minimum Gasteiger partial charge on any atom is -0.496 e. The first-order valence-corrected chi connectivity index (χ1v) is 7.17. The van der Waals surface area contributed by atoms with E-state index in [2.05, 4.69) is 4.98 Å². The summed E-state index contributed by atoms with van der Waals surface area (Å²) >= 11 is 0. The summed E-state index contributed by atoms with van der Waals surface area (Å²) in [6.45, 7) is 0. The molecule has 3 rings (SSSR count). The predicted molar refractivity (Wildman–Crippen MR) is 88.5 cm³/mol. The molecule has 0 spiro atoms. The lowest BCUT2D eigenvalue weighted by Crippen LogP contribution is -2.03. The minimum absolute atomic E-state index is 0.278. The summed E-state index contributed by atoms with van der Waals surface area (Å²) in [4.78, 5) is 4.20. The molecule has 5 heteroatoms. The highest BCUT2D eigenvalue weighted by atomic mass is 19.1. The lowest BCUT2D eigenvalue weighted by Gasteiger charge is -2.14. The van der Waals surface area contributed by atoms with Crippen molar-refractivity contribution in [1.29, 1.82) is 0 Å². The van der Waals surface area contributed by atoms with Gasteiger partial charge in [-0.05, 0) is 29.8 Å². The van der Waals surface area contributed by atoms with Crippen LogP contribution in [0.1, 0.15) is 11.1 Å². The molecule has 0 aliphatic carbocycles. The Morgan fingerprint density at radius 3 is 2.35 bits per heavy atom. The monoisotopic (exact) mass is 312 g/mol. The van der Waals surface area contributed by atoms with Crippen molar-refractivity contribution < 1.29 is 13.9 Å². The summed E-state index contributed by atoms with van der Waals surface area (Å²) < 4.78 is 24.6. The molecule has 1 aromatic heterocycles. The molecule has 23 heavy (non-hydrogen) atoms. The summed E-state index contributed by atoms with van der Waals surface area (Å²) in [6.07, 6.45) is 0.485. The Labute approximate surface area is 133 Å². The number of nitrogens with two attached hydrogens (primary N) is 1. The maximum absolute atomic E-state index is 13.8. The van der Waals surface area contributed by atoms with Crippen LogP contribution in [0.5, 0.6) is 11.5 Å². The fourth-order valence-electron chi connectivity index (χ4n) is 2.65. The maximum Gasteiger partial charge on any atom is 0.149 e. The second kappa shape index (κ2) is 6.12. The van der Waals surface area contributed by atoms with Gasteiger partial charge in [0.05, 0.1) is 14.2 Å². The molecule has 2 aromatic carbocycles. The second-order valence-electron chi connectivity index (χ2n) is 5.16. The molecule has 0 unspecified atom stereocenters. The average Bonchev–Trinajstić information content (AvgIpc) is 2.56. The number of hydrogen-bond donors (Lipinski definition) is 1. The number of nitrogen functional groups attached to an aromatic ring is 1. The van der Waals surface area contributed by atoms with Crippen molar-refractivity contribution in [3.8, 4) is 11.5 Å². The zero-order valence-electron chi connectivity index (χ0n) is 13.0. The average molecular weight is 312 g/mol. The van der Waals surface area contributed by atoms with Crippen molar-refractivity contribution >= 4 is 16.7 Å². The number of rotatable bonds is 4. The molecule has 0 radical (unpaired) electrons. The Kier molecular flexibility index (Phi) is 4.02. The number of aromatic nitrogens is 1. The van der Waals surface area contributed by atoms with Crippen LogP contribution in [0, 0.1) is 5.82 Å². The summed E-state index contributed by atoms with van der Waals surface area (Å²) in [5, 5.41) is 0.711. The molecule has 118 valence electrons. The Morgan fingerprint density at radius 2 is 1.70 bits per heavy atom. The van der Waals surface area contributed by atoms with E-state index >= 15 is 0 Å². The molecule has 0 aliphatic heterocycles. The van der Waals surface area contributed by atoms with Gasteiger partial charge in [0, 0.05) is 17.4 Å². The SMILES string of the molecule is COc1cccc(OC)c1Cc1cc2cccc(F)c2nc1N. The van der Waals surface area contributed by atoms with Crippen LogP contribution in [-0.4, -0.2) is 19.2 Å². The Hall–Kier alpha value is -2.82. The smallest absolute Gasteiger partial charge is 0.149 e. The van der Waals surface area contributed by atoms with E-state index in [1.165, 1.54) is 6.07 Å². The first-order valence-electron chi connectivity index (χ1n) is 7.17. The lowest BCUT2D eigenvalue weighted by atomic mass is 10.0. The number of anilines is 1. The molecule has 1 heterocycles. The number of halogens is 1. The number of ether oxygens (including phenoxy) is 2. The quantitative estimate of drug-likeness (QED) is 0.800. The van der Waals surface area contributed by atoms with E-state index in [1.807, 2.05) is 30.3 Å². The van der Waals surface area contributed by atoms with E-state index in [9.17, 15) is 4.39 Å². The zero-order chi connectivity index (χ0) is 16.4. The van der Waals surface area contributed by atoms with Crippen molar-refractivity contribution in [3.63, 3.8) is 0 Å². The molecule has 0 atom stereocenters. The number of pyridine rings is 1. The first-order chi connectivity index (χ1) is 11.1. The predicted octanol–water partition coefficient (Wildman–Crippen LogP) is 3.56. The third-order valence-corrected chi connectivity index (χ3v) is 3.81. The highest BCUT2D eigenvalue weighted by Crippen LogP contribution is 2.32. The van der Waals surface area contributed by atoms with Gasteiger partial charge < -0.3 is 15.2 Å². The third kappa shape index (κ3) is 2.77. The van der Waals surface area contributed by atoms with Gasteiger partial charge in [-0.1, -0.05) is 18.2 Å². The van der Waals surface area contributed by atoms with Crippen LogP contribution in [0.4, 0.5) is 10.2 Å². The lowest BCUT2D eigenvalue weighted by molar-refractivity contribution is 0.387. The Bertz CT molecular complexity index is 843. The van der Waals surface area contributed by atoms with Crippen LogP contribution in [0.2, 0.25) is 0 Å². The number of fused-ring (bicyclic) bond motifs is 1. The van der Waals surface area contributed by atoms with Crippen molar-refractivity contribution in [2.24, 2.45) is 0 Å². The molecule has 0 saturated carbocycles. The van der Waals surface area contributed by atoms with E-state index < -0.39 is 0 Å². The number of para-hydroxylation sites is 1. The number of hydrogen-bond acceptors (Lipinski definition) is 4. The molecular formula is C18H17FN2O2. The van der Waals surface area contributed by atoms with Crippen LogP contribution >= 0.6 is 0 Å². The normalized spacial score (nSPS) is 10.7. The minimum atomic E-state index is -0.379. The van der Waals surface area contributed by atoms with Gasteiger partial charge in [0.25, 0.3) is 0 Å². The van der Waals surface area contributed by atoms with Gasteiger partial charge in [0.1, 0.15) is 28.7 Å². The van der Waals surface area contributed by atoms with Crippen LogP contribution in [0.3, 0.4) is 0 Å². The molecule has 0 amide bonds. The summed E-state index contributed by atoms with van der Waals surface area (Å²) in [7, 11) is 3.21.